The second-order valence-corrected chi connectivity index (χ2v) is 6.20. The summed E-state index contributed by atoms with van der Waals surface area (Å²) in [6, 6.07) is 10.8. The van der Waals surface area contributed by atoms with Crippen LogP contribution < -0.4 is 10.6 Å². The van der Waals surface area contributed by atoms with Gasteiger partial charge in [0.1, 0.15) is 5.82 Å². The number of guanidine groups is 1. The van der Waals surface area contributed by atoms with Crippen LogP contribution in [-0.4, -0.2) is 27.1 Å². The third-order valence-electron chi connectivity index (χ3n) is 3.55. The van der Waals surface area contributed by atoms with Gasteiger partial charge >= 0.3 is 0 Å². The summed E-state index contributed by atoms with van der Waals surface area (Å²) in [5.41, 5.74) is 1.59. The molecule has 8 heteroatoms. The van der Waals surface area contributed by atoms with Crippen molar-refractivity contribution in [2.45, 2.75) is 20.0 Å². The van der Waals surface area contributed by atoms with Crippen molar-refractivity contribution >= 4 is 27.5 Å². The molecule has 2 heterocycles. The number of aromatic nitrogens is 3. The number of fused-ring (bicyclic) bond motifs is 1. The first-order valence-corrected chi connectivity index (χ1v) is 8.71. The molecule has 0 saturated carbocycles. The zero-order valence-electron chi connectivity index (χ0n) is 13.7. The highest BCUT2D eigenvalue weighted by molar-refractivity contribution is 9.10. The van der Waals surface area contributed by atoms with E-state index in [9.17, 15) is 4.39 Å². The summed E-state index contributed by atoms with van der Waals surface area (Å²) in [6.07, 6.45) is 1.92. The molecule has 3 aromatic rings. The van der Waals surface area contributed by atoms with Crippen LogP contribution in [0.25, 0.3) is 5.65 Å². The summed E-state index contributed by atoms with van der Waals surface area (Å²) in [6.45, 7) is 3.57. The lowest BCUT2D eigenvalue weighted by atomic mass is 10.2. The Morgan fingerprint density at radius 2 is 2.12 bits per heavy atom. The molecule has 0 bridgehead atoms. The molecule has 0 aliphatic carbocycles. The SMILES string of the molecule is CCNC(=NCc1ccc(Br)c(F)c1)NCc1nnc2ccccn12. The van der Waals surface area contributed by atoms with Crippen molar-refractivity contribution < 1.29 is 4.39 Å². The van der Waals surface area contributed by atoms with E-state index in [1.807, 2.05) is 41.8 Å². The highest BCUT2D eigenvalue weighted by Crippen LogP contribution is 2.16. The summed E-state index contributed by atoms with van der Waals surface area (Å²) in [4.78, 5) is 4.49. The molecule has 6 nitrogen and oxygen atoms in total. The average Bonchev–Trinajstić information content (AvgIpc) is 3.03. The molecule has 0 radical (unpaired) electrons. The molecule has 0 amide bonds. The molecule has 2 N–H and O–H groups in total. The van der Waals surface area contributed by atoms with E-state index in [0.29, 0.717) is 23.5 Å². The van der Waals surface area contributed by atoms with E-state index in [0.717, 1.165) is 23.6 Å². The molecule has 2 aromatic heterocycles. The number of rotatable bonds is 5. The molecule has 0 unspecified atom stereocenters. The molecular formula is C17H18BrFN6. The number of benzene rings is 1. The highest BCUT2D eigenvalue weighted by atomic mass is 79.9. The van der Waals surface area contributed by atoms with Gasteiger partial charge in [0.05, 0.1) is 17.6 Å². The monoisotopic (exact) mass is 404 g/mol. The van der Waals surface area contributed by atoms with Gasteiger partial charge in [-0.1, -0.05) is 12.1 Å². The first-order chi connectivity index (χ1) is 12.2. The van der Waals surface area contributed by atoms with Crippen LogP contribution in [0.5, 0.6) is 0 Å². The summed E-state index contributed by atoms with van der Waals surface area (Å²) in [7, 11) is 0. The number of nitrogens with zero attached hydrogens (tertiary/aromatic N) is 4. The molecule has 0 aliphatic rings. The van der Waals surface area contributed by atoms with Gasteiger partial charge < -0.3 is 10.6 Å². The van der Waals surface area contributed by atoms with Crippen molar-refractivity contribution in [2.75, 3.05) is 6.54 Å². The maximum Gasteiger partial charge on any atom is 0.191 e. The Morgan fingerprint density at radius 3 is 2.92 bits per heavy atom. The Balaban J connectivity index is 1.69. The van der Waals surface area contributed by atoms with Gasteiger partial charge in [-0.15, -0.1) is 10.2 Å². The Labute approximate surface area is 153 Å². The topological polar surface area (TPSA) is 66.6 Å². The van der Waals surface area contributed by atoms with E-state index < -0.39 is 0 Å². The lowest BCUT2D eigenvalue weighted by molar-refractivity contribution is 0.618. The second-order valence-electron chi connectivity index (χ2n) is 5.34. The van der Waals surface area contributed by atoms with E-state index >= 15 is 0 Å². The molecule has 0 atom stereocenters. The number of hydrogen-bond acceptors (Lipinski definition) is 3. The van der Waals surface area contributed by atoms with Crippen LogP contribution in [0, 0.1) is 5.82 Å². The predicted octanol–water partition coefficient (Wildman–Crippen LogP) is 2.89. The van der Waals surface area contributed by atoms with Crippen molar-refractivity contribution in [3.05, 3.63) is 64.3 Å². The largest absolute Gasteiger partial charge is 0.357 e. The maximum atomic E-state index is 13.6. The van der Waals surface area contributed by atoms with Crippen LogP contribution in [0.1, 0.15) is 18.3 Å². The van der Waals surface area contributed by atoms with Gasteiger partial charge in [0, 0.05) is 12.7 Å². The molecule has 3 rings (SSSR count). The summed E-state index contributed by atoms with van der Waals surface area (Å²) in [5.74, 6) is 1.13. The molecule has 0 saturated heterocycles. The zero-order chi connectivity index (χ0) is 17.6. The Bertz CT molecular complexity index is 892. The quantitative estimate of drug-likeness (QED) is 0.506. The van der Waals surface area contributed by atoms with Crippen molar-refractivity contribution in [1.29, 1.82) is 0 Å². The fourth-order valence-corrected chi connectivity index (χ4v) is 2.57. The molecular weight excluding hydrogens is 387 g/mol. The van der Waals surface area contributed by atoms with E-state index in [1.165, 1.54) is 6.07 Å². The van der Waals surface area contributed by atoms with E-state index in [-0.39, 0.29) is 5.82 Å². The molecule has 1 aromatic carbocycles. The van der Waals surface area contributed by atoms with Gasteiger partial charge in [-0.3, -0.25) is 4.40 Å². The summed E-state index contributed by atoms with van der Waals surface area (Å²) in [5, 5.41) is 14.7. The minimum atomic E-state index is -0.291. The summed E-state index contributed by atoms with van der Waals surface area (Å²) >= 11 is 3.15. The van der Waals surface area contributed by atoms with E-state index in [2.05, 4.69) is 41.8 Å². The smallest absolute Gasteiger partial charge is 0.191 e. The number of halogens is 2. The van der Waals surface area contributed by atoms with Crippen LogP contribution in [0.2, 0.25) is 0 Å². The van der Waals surface area contributed by atoms with Crippen molar-refractivity contribution in [3.8, 4) is 0 Å². The van der Waals surface area contributed by atoms with Gasteiger partial charge in [-0.05, 0) is 52.7 Å². The molecule has 25 heavy (non-hydrogen) atoms. The Morgan fingerprint density at radius 1 is 1.24 bits per heavy atom. The Kier molecular flexibility index (Phi) is 5.60. The van der Waals surface area contributed by atoms with E-state index in [1.54, 1.807) is 6.07 Å². The highest BCUT2D eigenvalue weighted by Gasteiger charge is 2.06. The van der Waals surface area contributed by atoms with Gasteiger partial charge in [0.15, 0.2) is 17.4 Å². The fraction of sp³-hybridized carbons (Fsp3) is 0.235. The zero-order valence-corrected chi connectivity index (χ0v) is 15.3. The maximum absolute atomic E-state index is 13.6. The Hall–Kier alpha value is -2.48. The third-order valence-corrected chi connectivity index (χ3v) is 4.19. The lowest BCUT2D eigenvalue weighted by Crippen LogP contribution is -2.37. The molecule has 0 spiro atoms. The third kappa shape index (κ3) is 4.33. The number of pyridine rings is 1. The number of hydrogen-bond donors (Lipinski definition) is 2. The first kappa shape index (κ1) is 17.3. The molecule has 130 valence electrons. The van der Waals surface area contributed by atoms with Crippen LogP contribution in [0.4, 0.5) is 4.39 Å². The van der Waals surface area contributed by atoms with Crippen LogP contribution in [0.15, 0.2) is 52.1 Å². The second kappa shape index (κ2) is 8.06. The van der Waals surface area contributed by atoms with Gasteiger partial charge in [0.25, 0.3) is 0 Å². The van der Waals surface area contributed by atoms with Gasteiger partial charge in [-0.25, -0.2) is 9.38 Å². The van der Waals surface area contributed by atoms with Crippen LogP contribution in [0.3, 0.4) is 0 Å². The van der Waals surface area contributed by atoms with Crippen molar-refractivity contribution in [2.24, 2.45) is 4.99 Å². The molecule has 0 fully saturated rings. The standard InChI is InChI=1S/C17H18BrFN6/c1-2-20-17(21-10-12-6-7-13(18)14(19)9-12)22-11-16-24-23-15-5-3-4-8-25(15)16/h3-9H,2,10-11H2,1H3,(H2,20,21,22). The first-order valence-electron chi connectivity index (χ1n) is 7.92. The minimum Gasteiger partial charge on any atom is -0.357 e. The van der Waals surface area contributed by atoms with Crippen LogP contribution in [-0.2, 0) is 13.1 Å². The van der Waals surface area contributed by atoms with Crippen LogP contribution >= 0.6 is 15.9 Å². The average molecular weight is 405 g/mol. The normalized spacial score (nSPS) is 11.7. The fourth-order valence-electron chi connectivity index (χ4n) is 2.32. The van der Waals surface area contributed by atoms with Crippen molar-refractivity contribution in [3.63, 3.8) is 0 Å². The van der Waals surface area contributed by atoms with E-state index in [4.69, 9.17) is 0 Å². The van der Waals surface area contributed by atoms with Gasteiger partial charge in [-0.2, -0.15) is 0 Å². The summed E-state index contributed by atoms with van der Waals surface area (Å²) < 4.78 is 16.0. The van der Waals surface area contributed by atoms with Gasteiger partial charge in [0.2, 0.25) is 0 Å². The molecule has 0 aliphatic heterocycles. The van der Waals surface area contributed by atoms with Crippen molar-refractivity contribution in [1.82, 2.24) is 25.2 Å². The number of aliphatic imine (C=N–C) groups is 1. The number of nitrogens with one attached hydrogen (secondary N) is 2. The lowest BCUT2D eigenvalue weighted by Gasteiger charge is -2.10. The predicted molar refractivity (Wildman–Crippen MR) is 98.7 cm³/mol. The minimum absolute atomic E-state index is 0.291.